The van der Waals surface area contributed by atoms with E-state index in [1.807, 2.05) is 19.1 Å². The van der Waals surface area contributed by atoms with Crippen molar-refractivity contribution in [2.45, 2.75) is 49.1 Å². The van der Waals surface area contributed by atoms with Crippen molar-refractivity contribution in [3.8, 4) is 0 Å². The normalized spacial score (nSPS) is 20.1. The molecule has 32 heavy (non-hydrogen) atoms. The maximum atomic E-state index is 13.7. The second kappa shape index (κ2) is 8.38. The number of rotatable bonds is 4. The molecule has 7 nitrogen and oxygen atoms in total. The summed E-state index contributed by atoms with van der Waals surface area (Å²) in [4.78, 5) is 0.477. The Kier molecular flexibility index (Phi) is 6.19. The van der Waals surface area contributed by atoms with Crippen LogP contribution in [0.4, 0.5) is 0 Å². The highest BCUT2D eigenvalue weighted by Crippen LogP contribution is 2.40. The van der Waals surface area contributed by atoms with Gasteiger partial charge in [0.2, 0.25) is 20.0 Å². The number of ether oxygens (including phenoxy) is 1. The minimum absolute atomic E-state index is 0.167. The molecule has 0 atom stereocenters. The van der Waals surface area contributed by atoms with Crippen LogP contribution in [0.5, 0.6) is 0 Å². The Labute approximate surface area is 195 Å². The van der Waals surface area contributed by atoms with Crippen LogP contribution in [0.3, 0.4) is 0 Å². The van der Waals surface area contributed by atoms with Gasteiger partial charge in [-0.3, -0.25) is 0 Å². The fraction of sp³-hybridized carbons (Fsp3) is 0.455. The average Bonchev–Trinajstić information content (AvgIpc) is 3.11. The van der Waals surface area contributed by atoms with Gasteiger partial charge in [0.1, 0.15) is 5.72 Å². The van der Waals surface area contributed by atoms with Crippen molar-refractivity contribution in [2.24, 2.45) is 0 Å². The van der Waals surface area contributed by atoms with E-state index in [2.05, 4.69) is 0 Å². The monoisotopic (exact) mass is 498 g/mol. The van der Waals surface area contributed by atoms with Crippen molar-refractivity contribution in [1.29, 1.82) is 0 Å². The van der Waals surface area contributed by atoms with E-state index in [1.54, 1.807) is 26.0 Å². The Morgan fingerprint density at radius 2 is 1.44 bits per heavy atom. The lowest BCUT2D eigenvalue weighted by atomic mass is 10.0. The van der Waals surface area contributed by atoms with Crippen LogP contribution in [0.25, 0.3) is 0 Å². The Bertz CT molecular complexity index is 1210. The van der Waals surface area contributed by atoms with Crippen LogP contribution in [0.2, 0.25) is 5.02 Å². The number of halogens is 1. The van der Waals surface area contributed by atoms with Crippen LogP contribution in [0.15, 0.2) is 46.2 Å². The van der Waals surface area contributed by atoms with Crippen molar-refractivity contribution < 1.29 is 21.6 Å². The summed E-state index contributed by atoms with van der Waals surface area (Å²) in [6, 6.07) is 9.78. The molecule has 2 aliphatic rings. The highest BCUT2D eigenvalue weighted by Gasteiger charge is 2.52. The highest BCUT2D eigenvalue weighted by atomic mass is 35.5. The van der Waals surface area contributed by atoms with Gasteiger partial charge in [-0.25, -0.2) is 16.8 Å². The fourth-order valence-electron chi connectivity index (χ4n) is 4.84. The van der Waals surface area contributed by atoms with Crippen molar-refractivity contribution in [3.05, 3.63) is 58.1 Å². The van der Waals surface area contributed by atoms with E-state index in [0.717, 1.165) is 5.56 Å². The first-order valence-corrected chi connectivity index (χ1v) is 13.7. The molecule has 0 bridgehead atoms. The molecular formula is C22H27ClN2O5S2. The lowest BCUT2D eigenvalue weighted by Gasteiger charge is -2.42. The third kappa shape index (κ3) is 3.99. The number of aryl methyl sites for hydroxylation is 3. The second-order valence-corrected chi connectivity index (χ2v) is 12.6. The van der Waals surface area contributed by atoms with Gasteiger partial charge < -0.3 is 4.74 Å². The molecule has 0 aromatic heterocycles. The smallest absolute Gasteiger partial charge is 0.246 e. The number of nitrogens with zero attached hydrogens (tertiary/aromatic N) is 2. The minimum Gasteiger partial charge on any atom is -0.358 e. The maximum absolute atomic E-state index is 13.7. The molecule has 1 spiro atoms. The zero-order chi connectivity index (χ0) is 23.3. The summed E-state index contributed by atoms with van der Waals surface area (Å²) in [7, 11) is -7.51. The minimum atomic E-state index is -3.81. The van der Waals surface area contributed by atoms with E-state index in [-0.39, 0.29) is 44.0 Å². The first kappa shape index (κ1) is 23.7. The van der Waals surface area contributed by atoms with Gasteiger partial charge in [0.25, 0.3) is 0 Å². The molecule has 4 rings (SSSR count). The Balaban J connectivity index is 1.60. The Hall–Kier alpha value is -1.49. The molecule has 2 fully saturated rings. The van der Waals surface area contributed by atoms with Crippen molar-refractivity contribution in [1.82, 2.24) is 8.61 Å². The molecular weight excluding hydrogens is 472 g/mol. The topological polar surface area (TPSA) is 84.0 Å². The summed E-state index contributed by atoms with van der Waals surface area (Å²) in [6.45, 7) is 6.42. The second-order valence-electron chi connectivity index (χ2n) is 8.46. The quantitative estimate of drug-likeness (QED) is 0.644. The molecule has 0 saturated carbocycles. The summed E-state index contributed by atoms with van der Waals surface area (Å²) in [5.41, 5.74) is 1.38. The van der Waals surface area contributed by atoms with Gasteiger partial charge >= 0.3 is 0 Å². The van der Waals surface area contributed by atoms with Crippen LogP contribution in [0.1, 0.15) is 29.5 Å². The zero-order valence-electron chi connectivity index (χ0n) is 18.3. The first-order valence-electron chi connectivity index (χ1n) is 10.5. The molecule has 10 heteroatoms. The lowest BCUT2D eigenvalue weighted by molar-refractivity contribution is -0.0806. The van der Waals surface area contributed by atoms with Gasteiger partial charge in [-0.15, -0.1) is 0 Å². The number of sulfonamides is 2. The Morgan fingerprint density at radius 1 is 0.875 bits per heavy atom. The maximum Gasteiger partial charge on any atom is 0.246 e. The molecule has 2 aromatic rings. The van der Waals surface area contributed by atoms with Crippen LogP contribution in [-0.4, -0.2) is 57.4 Å². The molecule has 2 aromatic carbocycles. The van der Waals surface area contributed by atoms with Gasteiger partial charge in [0.15, 0.2) is 0 Å². The molecule has 0 amide bonds. The molecule has 2 aliphatic heterocycles. The SMILES string of the molecule is Cc1cc(C)c(S(=O)(=O)N2CCOC23CCN(S(=O)(=O)c2ccc(Cl)cc2)CC3)c(C)c1. The fourth-order valence-corrected chi connectivity index (χ4v) is 8.55. The van der Waals surface area contributed by atoms with Crippen LogP contribution < -0.4 is 0 Å². The van der Waals surface area contributed by atoms with Crippen molar-refractivity contribution in [3.63, 3.8) is 0 Å². The number of hydrogen-bond donors (Lipinski definition) is 0. The third-order valence-electron chi connectivity index (χ3n) is 6.23. The number of hydrogen-bond acceptors (Lipinski definition) is 5. The van der Waals surface area contributed by atoms with Gasteiger partial charge in [-0.1, -0.05) is 29.3 Å². The van der Waals surface area contributed by atoms with E-state index in [4.69, 9.17) is 16.3 Å². The van der Waals surface area contributed by atoms with E-state index in [0.29, 0.717) is 21.0 Å². The van der Waals surface area contributed by atoms with Crippen LogP contribution in [0, 0.1) is 20.8 Å². The molecule has 0 aliphatic carbocycles. The summed E-state index contributed by atoms with van der Waals surface area (Å²) in [5.74, 6) is 0. The predicted octanol–water partition coefficient (Wildman–Crippen LogP) is 3.47. The van der Waals surface area contributed by atoms with Gasteiger partial charge in [0.05, 0.1) is 16.4 Å². The first-order chi connectivity index (χ1) is 15.0. The van der Waals surface area contributed by atoms with Crippen molar-refractivity contribution in [2.75, 3.05) is 26.2 Å². The van der Waals surface area contributed by atoms with Crippen LogP contribution >= 0.6 is 11.6 Å². The zero-order valence-corrected chi connectivity index (χ0v) is 20.7. The summed E-state index contributed by atoms with van der Waals surface area (Å²) >= 11 is 5.88. The largest absolute Gasteiger partial charge is 0.358 e. The van der Waals surface area contributed by atoms with Gasteiger partial charge in [-0.2, -0.15) is 8.61 Å². The molecule has 0 unspecified atom stereocenters. The number of benzene rings is 2. The number of piperidine rings is 1. The third-order valence-corrected chi connectivity index (χ3v) is 10.6. The van der Waals surface area contributed by atoms with Gasteiger partial charge in [0, 0.05) is 37.5 Å². The van der Waals surface area contributed by atoms with Crippen molar-refractivity contribution >= 4 is 31.6 Å². The van der Waals surface area contributed by atoms with Crippen LogP contribution in [-0.2, 0) is 24.8 Å². The molecule has 2 saturated heterocycles. The van der Waals surface area contributed by atoms with E-state index >= 15 is 0 Å². The lowest BCUT2D eigenvalue weighted by Crippen LogP contribution is -2.55. The molecule has 2 heterocycles. The summed E-state index contributed by atoms with van der Waals surface area (Å²) < 4.78 is 62.3. The molecule has 0 radical (unpaired) electrons. The molecule has 174 valence electrons. The highest BCUT2D eigenvalue weighted by molar-refractivity contribution is 7.89. The Morgan fingerprint density at radius 3 is 2.00 bits per heavy atom. The summed E-state index contributed by atoms with van der Waals surface area (Å²) in [5, 5.41) is 0.462. The van der Waals surface area contributed by atoms with E-state index in [1.165, 1.54) is 20.7 Å². The average molecular weight is 499 g/mol. The predicted molar refractivity (Wildman–Crippen MR) is 123 cm³/mol. The summed E-state index contributed by atoms with van der Waals surface area (Å²) in [6.07, 6.45) is 0.534. The molecule has 0 N–H and O–H groups in total. The van der Waals surface area contributed by atoms with E-state index in [9.17, 15) is 16.8 Å². The standard InChI is InChI=1S/C22H27ClN2O5S2/c1-16-14-17(2)21(18(3)15-16)32(28,29)25-12-13-30-22(25)8-10-24(11-9-22)31(26,27)20-6-4-19(23)5-7-20/h4-7,14-15H,8-13H2,1-3H3. The van der Waals surface area contributed by atoms with E-state index < -0.39 is 25.8 Å². The van der Waals surface area contributed by atoms with Gasteiger partial charge in [-0.05, 0) is 56.2 Å².